The summed E-state index contributed by atoms with van der Waals surface area (Å²) >= 11 is 5.98. The average Bonchev–Trinajstić information content (AvgIpc) is 3.42. The van der Waals surface area contributed by atoms with E-state index in [4.69, 9.17) is 11.6 Å². The quantitative estimate of drug-likeness (QED) is 0.367. The number of carbonyl (C=O) groups is 1. The third-order valence-corrected chi connectivity index (χ3v) is 5.42. The maximum Gasteiger partial charge on any atom is 0.416 e. The number of carbonyl (C=O) groups excluding carboxylic acids is 1. The highest BCUT2D eigenvalue weighted by Crippen LogP contribution is 2.29. The van der Waals surface area contributed by atoms with Crippen LogP contribution in [0.5, 0.6) is 0 Å². The molecule has 2 aromatic carbocycles. The monoisotopic (exact) mass is 497 g/mol. The van der Waals surface area contributed by atoms with Crippen molar-refractivity contribution in [2.24, 2.45) is 0 Å². The zero-order valence-electron chi connectivity index (χ0n) is 18.0. The maximum atomic E-state index is 12.8. The van der Waals surface area contributed by atoms with Crippen LogP contribution >= 0.6 is 11.6 Å². The third-order valence-electron chi connectivity index (χ3n) is 5.16. The molecular formula is C23H15ClF3N7O. The van der Waals surface area contributed by atoms with E-state index < -0.39 is 17.6 Å². The lowest BCUT2D eigenvalue weighted by Crippen LogP contribution is -2.16. The van der Waals surface area contributed by atoms with E-state index in [9.17, 15) is 18.0 Å². The van der Waals surface area contributed by atoms with Crippen LogP contribution in [-0.2, 0) is 6.18 Å². The van der Waals surface area contributed by atoms with Crippen molar-refractivity contribution in [3.05, 3.63) is 89.0 Å². The standard InChI is InChI=1S/C23H15ClF3N7O/c1-13-10-19(31-22(35)14-2-4-15(5-3-14)23(25,26)27)34(32-13)21-18-11-30-33(20(18)28-12-29-21)17-8-6-16(24)7-9-17/h2-12H,1H3,(H,31,35). The summed E-state index contributed by atoms with van der Waals surface area (Å²) in [5.74, 6) is 0.0553. The normalized spacial score (nSPS) is 11.7. The number of aromatic nitrogens is 6. The van der Waals surface area contributed by atoms with Crippen LogP contribution < -0.4 is 5.32 Å². The fourth-order valence-electron chi connectivity index (χ4n) is 3.52. The molecule has 5 rings (SSSR count). The molecule has 3 heterocycles. The van der Waals surface area contributed by atoms with E-state index in [2.05, 4.69) is 25.5 Å². The zero-order valence-corrected chi connectivity index (χ0v) is 18.7. The molecule has 3 aromatic heterocycles. The number of alkyl halides is 3. The first kappa shape index (κ1) is 22.5. The number of nitrogens with one attached hydrogen (secondary N) is 1. The molecule has 0 aliphatic rings. The Morgan fingerprint density at radius 2 is 1.71 bits per heavy atom. The Morgan fingerprint density at radius 3 is 2.40 bits per heavy atom. The number of hydrogen-bond donors (Lipinski definition) is 1. The predicted octanol–water partition coefficient (Wildman–Crippen LogP) is 5.23. The Kier molecular flexibility index (Phi) is 5.48. The van der Waals surface area contributed by atoms with Crippen LogP contribution in [0.15, 0.2) is 67.1 Å². The SMILES string of the molecule is Cc1cc(NC(=O)c2ccc(C(F)(F)F)cc2)n(-c2ncnc3c2cnn3-c2ccc(Cl)cc2)n1. The van der Waals surface area contributed by atoms with Crippen LogP contribution in [0.1, 0.15) is 21.6 Å². The molecule has 35 heavy (non-hydrogen) atoms. The van der Waals surface area contributed by atoms with Gasteiger partial charge in [0.25, 0.3) is 5.91 Å². The van der Waals surface area contributed by atoms with Gasteiger partial charge in [0.1, 0.15) is 12.1 Å². The number of halogens is 4. The molecule has 5 aromatic rings. The number of nitrogens with zero attached hydrogens (tertiary/aromatic N) is 6. The highest BCUT2D eigenvalue weighted by molar-refractivity contribution is 6.30. The van der Waals surface area contributed by atoms with Gasteiger partial charge in [-0.15, -0.1) is 0 Å². The molecule has 0 bridgehead atoms. The topological polar surface area (TPSA) is 90.5 Å². The van der Waals surface area contributed by atoms with Gasteiger partial charge >= 0.3 is 6.18 Å². The van der Waals surface area contributed by atoms with Gasteiger partial charge in [-0.2, -0.15) is 28.1 Å². The molecule has 12 heteroatoms. The summed E-state index contributed by atoms with van der Waals surface area (Å²) in [6.07, 6.45) is -1.55. The Labute approximate surface area is 201 Å². The molecule has 0 atom stereocenters. The van der Waals surface area contributed by atoms with E-state index in [-0.39, 0.29) is 11.4 Å². The largest absolute Gasteiger partial charge is 0.416 e. The minimum absolute atomic E-state index is 0.0618. The fourth-order valence-corrected chi connectivity index (χ4v) is 3.65. The van der Waals surface area contributed by atoms with Crippen molar-refractivity contribution in [2.45, 2.75) is 13.1 Å². The van der Waals surface area contributed by atoms with Crippen molar-refractivity contribution in [1.82, 2.24) is 29.5 Å². The van der Waals surface area contributed by atoms with E-state index in [0.717, 1.165) is 30.0 Å². The Morgan fingerprint density at radius 1 is 1.00 bits per heavy atom. The van der Waals surface area contributed by atoms with Crippen LogP contribution in [0.2, 0.25) is 5.02 Å². The van der Waals surface area contributed by atoms with Gasteiger partial charge in [-0.25, -0.2) is 14.6 Å². The maximum absolute atomic E-state index is 12.8. The second-order valence-electron chi connectivity index (χ2n) is 7.58. The van der Waals surface area contributed by atoms with Crippen molar-refractivity contribution in [1.29, 1.82) is 0 Å². The number of benzene rings is 2. The van der Waals surface area contributed by atoms with Crippen LogP contribution in [0, 0.1) is 6.92 Å². The van der Waals surface area contributed by atoms with Crippen molar-refractivity contribution < 1.29 is 18.0 Å². The lowest BCUT2D eigenvalue weighted by Gasteiger charge is -2.10. The molecule has 0 saturated carbocycles. The summed E-state index contributed by atoms with van der Waals surface area (Å²) in [6, 6.07) is 12.6. The molecule has 0 aliphatic carbocycles. The number of amides is 1. The van der Waals surface area contributed by atoms with Gasteiger partial charge in [0.2, 0.25) is 0 Å². The zero-order chi connectivity index (χ0) is 24.7. The number of fused-ring (bicyclic) bond motifs is 1. The third kappa shape index (κ3) is 4.33. The second-order valence-corrected chi connectivity index (χ2v) is 8.02. The molecule has 1 amide bonds. The van der Waals surface area contributed by atoms with E-state index in [1.807, 2.05) is 0 Å². The molecule has 0 fully saturated rings. The molecule has 0 aliphatic heterocycles. The van der Waals surface area contributed by atoms with Crippen molar-refractivity contribution >= 4 is 34.4 Å². The van der Waals surface area contributed by atoms with Crippen LogP contribution in [0.3, 0.4) is 0 Å². The van der Waals surface area contributed by atoms with Crippen LogP contribution in [0.4, 0.5) is 19.0 Å². The van der Waals surface area contributed by atoms with E-state index >= 15 is 0 Å². The second kappa shape index (κ2) is 8.51. The molecule has 8 nitrogen and oxygen atoms in total. The lowest BCUT2D eigenvalue weighted by atomic mass is 10.1. The smallest absolute Gasteiger partial charge is 0.306 e. The highest BCUT2D eigenvalue weighted by Gasteiger charge is 2.30. The van der Waals surface area contributed by atoms with Gasteiger partial charge < -0.3 is 5.32 Å². The van der Waals surface area contributed by atoms with Gasteiger partial charge in [-0.3, -0.25) is 4.79 Å². The summed E-state index contributed by atoms with van der Waals surface area (Å²) in [5.41, 5.74) is 1.06. The molecule has 0 unspecified atom stereocenters. The number of rotatable bonds is 4. The summed E-state index contributed by atoms with van der Waals surface area (Å²) < 4.78 is 41.5. The molecule has 176 valence electrons. The molecule has 0 saturated heterocycles. The summed E-state index contributed by atoms with van der Waals surface area (Å²) in [6.45, 7) is 1.74. The molecule has 1 N–H and O–H groups in total. The van der Waals surface area contributed by atoms with Crippen LogP contribution in [0.25, 0.3) is 22.5 Å². The van der Waals surface area contributed by atoms with Gasteiger partial charge in [0.05, 0.1) is 28.5 Å². The minimum atomic E-state index is -4.49. The van der Waals surface area contributed by atoms with Crippen molar-refractivity contribution in [2.75, 3.05) is 5.32 Å². The van der Waals surface area contributed by atoms with E-state index in [1.165, 1.54) is 11.0 Å². The first-order valence-electron chi connectivity index (χ1n) is 10.2. The summed E-state index contributed by atoms with van der Waals surface area (Å²) in [7, 11) is 0. The number of aryl methyl sites for hydroxylation is 1. The van der Waals surface area contributed by atoms with E-state index in [0.29, 0.717) is 27.6 Å². The van der Waals surface area contributed by atoms with Gasteiger partial charge in [-0.05, 0) is 55.5 Å². The van der Waals surface area contributed by atoms with Crippen molar-refractivity contribution in [3.63, 3.8) is 0 Å². The highest BCUT2D eigenvalue weighted by atomic mass is 35.5. The van der Waals surface area contributed by atoms with Gasteiger partial charge in [-0.1, -0.05) is 11.6 Å². The predicted molar refractivity (Wildman–Crippen MR) is 123 cm³/mol. The summed E-state index contributed by atoms with van der Waals surface area (Å²) in [4.78, 5) is 21.4. The Balaban J connectivity index is 1.50. The van der Waals surface area contributed by atoms with Gasteiger partial charge in [0.15, 0.2) is 11.5 Å². The average molecular weight is 498 g/mol. The summed E-state index contributed by atoms with van der Waals surface area (Å²) in [5, 5.41) is 12.7. The van der Waals surface area contributed by atoms with E-state index in [1.54, 1.807) is 48.1 Å². The molecular weight excluding hydrogens is 483 g/mol. The molecule has 0 radical (unpaired) electrons. The first-order chi connectivity index (χ1) is 16.7. The Bertz CT molecular complexity index is 1540. The minimum Gasteiger partial charge on any atom is -0.306 e. The number of hydrogen-bond acceptors (Lipinski definition) is 5. The molecule has 0 spiro atoms. The van der Waals surface area contributed by atoms with Crippen molar-refractivity contribution in [3.8, 4) is 11.5 Å². The van der Waals surface area contributed by atoms with Gasteiger partial charge in [0, 0.05) is 16.7 Å². The lowest BCUT2D eigenvalue weighted by molar-refractivity contribution is -0.137. The first-order valence-corrected chi connectivity index (χ1v) is 10.6. The number of anilines is 1. The van der Waals surface area contributed by atoms with Crippen LogP contribution in [-0.4, -0.2) is 35.4 Å². The Hall–Kier alpha value is -4.25. The fraction of sp³-hybridized carbons (Fsp3) is 0.0870.